The Morgan fingerprint density at radius 2 is 2.00 bits per heavy atom. The van der Waals surface area contributed by atoms with Gasteiger partial charge in [0.1, 0.15) is 0 Å². The Hall–Kier alpha value is -2.82. The molecule has 0 spiro atoms. The Bertz CT molecular complexity index is 996. The van der Waals surface area contributed by atoms with Crippen LogP contribution in [0.2, 0.25) is 0 Å². The van der Waals surface area contributed by atoms with Crippen LogP contribution in [-0.2, 0) is 6.54 Å². The van der Waals surface area contributed by atoms with Gasteiger partial charge in [-0.05, 0) is 57.5 Å². The van der Waals surface area contributed by atoms with E-state index in [9.17, 15) is 9.59 Å². The van der Waals surface area contributed by atoms with E-state index in [0.717, 1.165) is 22.2 Å². The van der Waals surface area contributed by atoms with Gasteiger partial charge in [-0.15, -0.1) is 0 Å². The third kappa shape index (κ3) is 3.22. The summed E-state index contributed by atoms with van der Waals surface area (Å²) in [6.45, 7) is 8.16. The number of aromatic amines is 1. The minimum atomic E-state index is -0.175. The average molecular weight is 337 g/mol. The number of rotatable bonds is 4. The highest BCUT2D eigenvalue weighted by atomic mass is 16.1. The summed E-state index contributed by atoms with van der Waals surface area (Å²) < 4.78 is 2.14. The summed E-state index contributed by atoms with van der Waals surface area (Å²) in [6, 6.07) is 9.92. The first kappa shape index (κ1) is 17.0. The van der Waals surface area contributed by atoms with Crippen LogP contribution >= 0.6 is 0 Å². The van der Waals surface area contributed by atoms with Gasteiger partial charge in [0.2, 0.25) is 0 Å². The summed E-state index contributed by atoms with van der Waals surface area (Å²) in [6.07, 6.45) is 2.00. The zero-order valence-corrected chi connectivity index (χ0v) is 15.0. The predicted octanol–water partition coefficient (Wildman–Crippen LogP) is 3.46. The Morgan fingerprint density at radius 3 is 2.68 bits per heavy atom. The number of amides is 1. The van der Waals surface area contributed by atoms with Crippen LogP contribution in [0.1, 0.15) is 47.1 Å². The van der Waals surface area contributed by atoms with Gasteiger partial charge in [0.15, 0.2) is 0 Å². The van der Waals surface area contributed by atoms with Crippen LogP contribution in [-0.4, -0.2) is 15.5 Å². The van der Waals surface area contributed by atoms with Crippen molar-refractivity contribution in [1.29, 1.82) is 0 Å². The number of fused-ring (bicyclic) bond motifs is 1. The van der Waals surface area contributed by atoms with Crippen molar-refractivity contribution < 1.29 is 4.79 Å². The number of benzene rings is 1. The second-order valence-corrected chi connectivity index (χ2v) is 6.68. The van der Waals surface area contributed by atoms with Gasteiger partial charge in [0.25, 0.3) is 11.5 Å². The Balaban J connectivity index is 1.88. The van der Waals surface area contributed by atoms with Gasteiger partial charge in [-0.2, -0.15) is 0 Å². The molecule has 0 atom stereocenters. The van der Waals surface area contributed by atoms with Crippen LogP contribution in [0.4, 0.5) is 0 Å². The molecule has 0 aliphatic rings. The first-order chi connectivity index (χ1) is 11.9. The van der Waals surface area contributed by atoms with E-state index in [1.165, 1.54) is 0 Å². The molecule has 0 aliphatic carbocycles. The summed E-state index contributed by atoms with van der Waals surface area (Å²) >= 11 is 0. The van der Waals surface area contributed by atoms with Crippen LogP contribution in [0.25, 0.3) is 10.9 Å². The van der Waals surface area contributed by atoms with Crippen molar-refractivity contribution in [1.82, 2.24) is 14.9 Å². The third-order valence-electron chi connectivity index (χ3n) is 4.48. The lowest BCUT2D eigenvalue weighted by Gasteiger charge is -2.11. The van der Waals surface area contributed by atoms with E-state index < -0.39 is 0 Å². The van der Waals surface area contributed by atoms with Gasteiger partial charge < -0.3 is 14.9 Å². The maximum Gasteiger partial charge on any atom is 0.253 e. The second-order valence-electron chi connectivity index (χ2n) is 6.68. The van der Waals surface area contributed by atoms with Crippen LogP contribution in [0.15, 0.2) is 41.3 Å². The summed E-state index contributed by atoms with van der Waals surface area (Å²) in [5.74, 6) is -0.175. The summed E-state index contributed by atoms with van der Waals surface area (Å²) in [5, 5.41) is 3.80. The van der Waals surface area contributed by atoms with E-state index in [4.69, 9.17) is 0 Å². The Morgan fingerprint density at radius 1 is 1.24 bits per heavy atom. The molecule has 1 amide bonds. The van der Waals surface area contributed by atoms with Crippen LogP contribution < -0.4 is 10.9 Å². The zero-order valence-electron chi connectivity index (χ0n) is 15.0. The van der Waals surface area contributed by atoms with E-state index in [2.05, 4.69) is 28.7 Å². The standard InChI is InChI=1S/C20H23N3O2/c1-12(2)23-9-8-15-16(6-5-7-18(15)23)19(24)21-11-17-13(3)10-14(4)22-20(17)25/h5-10,12H,11H2,1-4H3,(H,21,24)(H,22,25). The number of carbonyl (C=O) groups excluding carboxylic acids is 1. The van der Waals surface area contributed by atoms with E-state index in [1.54, 1.807) is 0 Å². The molecule has 0 unspecified atom stereocenters. The van der Waals surface area contributed by atoms with E-state index >= 15 is 0 Å². The fraction of sp³-hybridized carbons (Fsp3) is 0.300. The van der Waals surface area contributed by atoms with Crippen molar-refractivity contribution in [3.63, 3.8) is 0 Å². The molecule has 2 N–H and O–H groups in total. The number of aromatic nitrogens is 2. The number of nitrogens with zero attached hydrogens (tertiary/aromatic N) is 1. The molecule has 2 aromatic heterocycles. The molecule has 1 aromatic carbocycles. The molecular weight excluding hydrogens is 314 g/mol. The van der Waals surface area contributed by atoms with Crippen LogP contribution in [0.5, 0.6) is 0 Å². The van der Waals surface area contributed by atoms with Gasteiger partial charge in [-0.1, -0.05) is 6.07 Å². The maximum absolute atomic E-state index is 12.7. The highest BCUT2D eigenvalue weighted by Gasteiger charge is 2.14. The molecule has 0 aliphatic heterocycles. The fourth-order valence-corrected chi connectivity index (χ4v) is 3.20. The predicted molar refractivity (Wildman–Crippen MR) is 100 cm³/mol. The monoisotopic (exact) mass is 337 g/mol. The van der Waals surface area contributed by atoms with E-state index in [1.807, 2.05) is 50.4 Å². The number of pyridine rings is 1. The highest BCUT2D eigenvalue weighted by molar-refractivity contribution is 6.06. The summed E-state index contributed by atoms with van der Waals surface area (Å²) in [7, 11) is 0. The number of nitrogens with one attached hydrogen (secondary N) is 2. The van der Waals surface area contributed by atoms with Crippen molar-refractivity contribution in [2.45, 2.75) is 40.3 Å². The van der Waals surface area contributed by atoms with Gasteiger partial charge >= 0.3 is 0 Å². The molecule has 5 heteroatoms. The van der Waals surface area contributed by atoms with Crippen LogP contribution in [0.3, 0.4) is 0 Å². The minimum absolute atomic E-state index is 0.151. The lowest BCUT2D eigenvalue weighted by molar-refractivity contribution is 0.0952. The molecule has 5 nitrogen and oxygen atoms in total. The molecular formula is C20H23N3O2. The molecule has 0 radical (unpaired) electrons. The van der Waals surface area contributed by atoms with E-state index in [-0.39, 0.29) is 18.0 Å². The first-order valence-corrected chi connectivity index (χ1v) is 8.45. The number of H-pyrrole nitrogens is 1. The van der Waals surface area contributed by atoms with Crippen molar-refractivity contribution in [3.05, 3.63) is 69.3 Å². The van der Waals surface area contributed by atoms with Gasteiger partial charge in [-0.3, -0.25) is 9.59 Å². The molecule has 2 heterocycles. The lowest BCUT2D eigenvalue weighted by Crippen LogP contribution is -2.28. The smallest absolute Gasteiger partial charge is 0.253 e. The second kappa shape index (κ2) is 6.59. The summed E-state index contributed by atoms with van der Waals surface area (Å²) in [4.78, 5) is 27.5. The van der Waals surface area contributed by atoms with Crippen LogP contribution in [0, 0.1) is 13.8 Å². The lowest BCUT2D eigenvalue weighted by atomic mass is 10.1. The van der Waals surface area contributed by atoms with E-state index in [0.29, 0.717) is 17.2 Å². The molecule has 0 saturated heterocycles. The van der Waals surface area contributed by atoms with Crippen molar-refractivity contribution in [2.75, 3.05) is 0 Å². The third-order valence-corrected chi connectivity index (χ3v) is 4.48. The van der Waals surface area contributed by atoms with Crippen molar-refractivity contribution >= 4 is 16.8 Å². The molecule has 0 saturated carbocycles. The van der Waals surface area contributed by atoms with Gasteiger partial charge in [0, 0.05) is 46.5 Å². The molecule has 0 bridgehead atoms. The summed E-state index contributed by atoms with van der Waals surface area (Å²) in [5.41, 5.74) is 3.79. The largest absolute Gasteiger partial charge is 0.348 e. The van der Waals surface area contributed by atoms with Gasteiger partial charge in [0.05, 0.1) is 0 Å². The quantitative estimate of drug-likeness (QED) is 0.765. The molecule has 130 valence electrons. The topological polar surface area (TPSA) is 66.9 Å². The van der Waals surface area contributed by atoms with Crippen molar-refractivity contribution in [2.24, 2.45) is 0 Å². The normalized spacial score (nSPS) is 11.2. The molecule has 3 rings (SSSR count). The SMILES string of the molecule is Cc1cc(C)c(CNC(=O)c2cccc3c2ccn3C(C)C)c(=O)[nH]1. The fourth-order valence-electron chi connectivity index (χ4n) is 3.20. The zero-order chi connectivity index (χ0) is 18.1. The van der Waals surface area contributed by atoms with Crippen molar-refractivity contribution in [3.8, 4) is 0 Å². The number of aryl methyl sites for hydroxylation is 2. The molecule has 25 heavy (non-hydrogen) atoms. The molecule has 0 fully saturated rings. The number of hydrogen-bond donors (Lipinski definition) is 2. The molecule has 3 aromatic rings. The Kier molecular flexibility index (Phi) is 4.49. The maximum atomic E-state index is 12.7. The average Bonchev–Trinajstić information content (AvgIpc) is 2.97. The van der Waals surface area contributed by atoms with Gasteiger partial charge in [-0.25, -0.2) is 0 Å². The first-order valence-electron chi connectivity index (χ1n) is 8.45. The highest BCUT2D eigenvalue weighted by Crippen LogP contribution is 2.23. The minimum Gasteiger partial charge on any atom is -0.348 e. The number of carbonyl (C=O) groups is 1. The Labute approximate surface area is 146 Å². The number of hydrogen-bond acceptors (Lipinski definition) is 2.